The molecule has 0 amide bonds. The fourth-order valence-corrected chi connectivity index (χ4v) is 5.17. The molecule has 0 atom stereocenters. The summed E-state index contributed by atoms with van der Waals surface area (Å²) in [4.78, 5) is 5.08. The fourth-order valence-electron chi connectivity index (χ4n) is 5.17. The molecule has 1 nitrogen and oxygen atoms in total. The summed E-state index contributed by atoms with van der Waals surface area (Å²) in [5, 5.41) is 1.28. The van der Waals surface area contributed by atoms with Crippen LogP contribution in [0.4, 0.5) is 0 Å². The average Bonchev–Trinajstić information content (AvgIpc) is 2.95. The van der Waals surface area contributed by atoms with Crippen LogP contribution < -0.4 is 0 Å². The number of pyridine rings is 1. The van der Waals surface area contributed by atoms with Gasteiger partial charge in [-0.1, -0.05) is 70.2 Å². The molecule has 1 aliphatic rings. The van der Waals surface area contributed by atoms with E-state index in [-0.39, 0.29) is 5.41 Å². The van der Waals surface area contributed by atoms with Gasteiger partial charge in [-0.25, -0.2) is 4.98 Å². The van der Waals surface area contributed by atoms with Crippen LogP contribution in [0.25, 0.3) is 33.3 Å². The van der Waals surface area contributed by atoms with Gasteiger partial charge in [0.2, 0.25) is 0 Å². The van der Waals surface area contributed by atoms with Crippen molar-refractivity contribution in [2.45, 2.75) is 46.5 Å². The molecule has 0 radical (unpaired) electrons. The predicted molar refractivity (Wildman–Crippen MR) is 128 cm³/mol. The van der Waals surface area contributed by atoms with Crippen molar-refractivity contribution >= 4 is 10.9 Å². The number of hydrogen-bond donors (Lipinski definition) is 0. The summed E-state index contributed by atoms with van der Waals surface area (Å²) in [6, 6.07) is 24.5. The molecule has 1 heterocycles. The van der Waals surface area contributed by atoms with E-state index in [0.717, 1.165) is 17.6 Å². The van der Waals surface area contributed by atoms with Gasteiger partial charge in [-0.05, 0) is 76.9 Å². The second-order valence-corrected chi connectivity index (χ2v) is 9.66. The maximum Gasteiger partial charge on any atom is 0.0712 e. The van der Waals surface area contributed by atoms with Gasteiger partial charge in [-0.2, -0.15) is 0 Å². The van der Waals surface area contributed by atoms with Crippen molar-refractivity contribution in [3.63, 3.8) is 0 Å². The zero-order chi connectivity index (χ0) is 21.0. The highest BCUT2D eigenvalue weighted by atomic mass is 14.7. The molecule has 4 aromatic rings. The summed E-state index contributed by atoms with van der Waals surface area (Å²) in [5.41, 5.74) is 11.7. The van der Waals surface area contributed by atoms with Crippen molar-refractivity contribution in [3.8, 4) is 22.4 Å². The van der Waals surface area contributed by atoms with Crippen LogP contribution in [0.5, 0.6) is 0 Å². The lowest BCUT2D eigenvalue weighted by molar-refractivity contribution is 0.650. The summed E-state index contributed by atoms with van der Waals surface area (Å²) < 4.78 is 0. The Hall–Kier alpha value is -2.93. The van der Waals surface area contributed by atoms with E-state index in [2.05, 4.69) is 101 Å². The summed E-state index contributed by atoms with van der Waals surface area (Å²) in [6.07, 6.45) is 1.09. The Balaban J connectivity index is 1.66. The molecule has 0 bridgehead atoms. The molecule has 1 heteroatoms. The van der Waals surface area contributed by atoms with E-state index in [9.17, 15) is 0 Å². The van der Waals surface area contributed by atoms with E-state index < -0.39 is 0 Å². The van der Waals surface area contributed by atoms with E-state index in [1.807, 2.05) is 0 Å². The molecular weight excluding hydrogens is 362 g/mol. The predicted octanol–water partition coefficient (Wildman–Crippen LogP) is 7.72. The van der Waals surface area contributed by atoms with Gasteiger partial charge in [0.1, 0.15) is 0 Å². The Morgan fingerprint density at radius 3 is 2.47 bits per heavy atom. The molecule has 0 spiro atoms. The van der Waals surface area contributed by atoms with Crippen LogP contribution in [-0.2, 0) is 11.8 Å². The summed E-state index contributed by atoms with van der Waals surface area (Å²) in [7, 11) is 0. The number of fused-ring (bicyclic) bond motifs is 4. The van der Waals surface area contributed by atoms with Gasteiger partial charge < -0.3 is 0 Å². The number of aryl methyl sites for hydroxylation is 1. The molecule has 0 aliphatic heterocycles. The minimum absolute atomic E-state index is 0.00792. The summed E-state index contributed by atoms with van der Waals surface area (Å²) >= 11 is 0. The minimum atomic E-state index is 0.00792. The SMILES string of the molecule is Cc1cc(-c2ccc3c(CC(C)C)cccc3n2)cc2c1-c1ccccc1C2(C)C. The van der Waals surface area contributed by atoms with Crippen molar-refractivity contribution in [2.75, 3.05) is 0 Å². The fraction of sp³-hybridized carbons (Fsp3) is 0.276. The van der Waals surface area contributed by atoms with Crippen LogP contribution in [0.15, 0.2) is 66.7 Å². The van der Waals surface area contributed by atoms with Gasteiger partial charge in [0, 0.05) is 16.4 Å². The third-order valence-electron chi connectivity index (χ3n) is 6.62. The molecular formula is C29H29N. The molecule has 0 fully saturated rings. The molecule has 1 aliphatic carbocycles. The second kappa shape index (κ2) is 6.80. The lowest BCUT2D eigenvalue weighted by Gasteiger charge is -2.22. The maximum atomic E-state index is 5.08. The lowest BCUT2D eigenvalue weighted by atomic mass is 9.81. The first-order valence-corrected chi connectivity index (χ1v) is 11.0. The molecule has 30 heavy (non-hydrogen) atoms. The highest BCUT2D eigenvalue weighted by molar-refractivity contribution is 5.88. The molecule has 150 valence electrons. The van der Waals surface area contributed by atoms with Crippen LogP contribution in [0.2, 0.25) is 0 Å². The van der Waals surface area contributed by atoms with Crippen molar-refractivity contribution in [1.29, 1.82) is 0 Å². The average molecular weight is 392 g/mol. The Bertz CT molecular complexity index is 1280. The van der Waals surface area contributed by atoms with E-state index in [1.165, 1.54) is 44.3 Å². The van der Waals surface area contributed by atoms with Crippen LogP contribution in [0.3, 0.4) is 0 Å². The Kier molecular flexibility index (Phi) is 4.32. The summed E-state index contributed by atoms with van der Waals surface area (Å²) in [6.45, 7) is 11.5. The molecule has 0 saturated heterocycles. The third-order valence-corrected chi connectivity index (χ3v) is 6.62. The first-order chi connectivity index (χ1) is 14.4. The van der Waals surface area contributed by atoms with E-state index >= 15 is 0 Å². The number of nitrogens with zero attached hydrogens (tertiary/aromatic N) is 1. The maximum absolute atomic E-state index is 5.08. The number of aromatic nitrogens is 1. The molecule has 3 aromatic carbocycles. The topological polar surface area (TPSA) is 12.9 Å². The standard InChI is InChI=1S/C29H29N/c1-18(2)15-20-9-8-12-27-22(20)13-14-26(30-27)21-16-19(3)28-23-10-6-7-11-24(23)29(4,5)25(28)17-21/h6-14,16-18H,15H2,1-5H3. The highest BCUT2D eigenvalue weighted by Gasteiger charge is 2.36. The lowest BCUT2D eigenvalue weighted by Crippen LogP contribution is -2.15. The van der Waals surface area contributed by atoms with Crippen LogP contribution in [0.1, 0.15) is 49.9 Å². The van der Waals surface area contributed by atoms with Crippen LogP contribution in [0, 0.1) is 12.8 Å². The van der Waals surface area contributed by atoms with Crippen LogP contribution in [-0.4, -0.2) is 4.98 Å². The number of rotatable bonds is 3. The first-order valence-electron chi connectivity index (χ1n) is 11.0. The zero-order valence-corrected chi connectivity index (χ0v) is 18.6. The smallest absolute Gasteiger partial charge is 0.0712 e. The van der Waals surface area contributed by atoms with E-state index in [0.29, 0.717) is 5.92 Å². The van der Waals surface area contributed by atoms with Gasteiger partial charge in [0.15, 0.2) is 0 Å². The normalized spacial score (nSPS) is 14.2. The van der Waals surface area contributed by atoms with Crippen LogP contribution >= 0.6 is 0 Å². The van der Waals surface area contributed by atoms with Gasteiger partial charge >= 0.3 is 0 Å². The monoisotopic (exact) mass is 391 g/mol. The Labute approximate surface area is 179 Å². The van der Waals surface area contributed by atoms with Crippen molar-refractivity contribution in [2.24, 2.45) is 5.92 Å². The van der Waals surface area contributed by atoms with Gasteiger partial charge in [-0.3, -0.25) is 0 Å². The molecule has 1 aromatic heterocycles. The van der Waals surface area contributed by atoms with Crippen molar-refractivity contribution in [3.05, 3.63) is 89.0 Å². The quantitative estimate of drug-likeness (QED) is 0.348. The number of benzene rings is 3. The molecule has 0 unspecified atom stereocenters. The number of hydrogen-bond acceptors (Lipinski definition) is 1. The molecule has 0 saturated carbocycles. The second-order valence-electron chi connectivity index (χ2n) is 9.66. The van der Waals surface area contributed by atoms with E-state index in [1.54, 1.807) is 0 Å². The molecule has 0 N–H and O–H groups in total. The Morgan fingerprint density at radius 1 is 0.867 bits per heavy atom. The zero-order valence-electron chi connectivity index (χ0n) is 18.6. The Morgan fingerprint density at radius 2 is 1.67 bits per heavy atom. The summed E-state index contributed by atoms with van der Waals surface area (Å²) in [5.74, 6) is 0.638. The van der Waals surface area contributed by atoms with Gasteiger partial charge in [-0.15, -0.1) is 0 Å². The van der Waals surface area contributed by atoms with E-state index in [4.69, 9.17) is 4.98 Å². The van der Waals surface area contributed by atoms with Crippen molar-refractivity contribution in [1.82, 2.24) is 4.98 Å². The van der Waals surface area contributed by atoms with Crippen molar-refractivity contribution < 1.29 is 0 Å². The highest BCUT2D eigenvalue weighted by Crippen LogP contribution is 2.50. The van der Waals surface area contributed by atoms with Gasteiger partial charge in [0.05, 0.1) is 11.2 Å². The van der Waals surface area contributed by atoms with Gasteiger partial charge in [0.25, 0.3) is 0 Å². The first kappa shape index (κ1) is 19.1. The minimum Gasteiger partial charge on any atom is -0.248 e. The third kappa shape index (κ3) is 2.88. The largest absolute Gasteiger partial charge is 0.248 e. The molecule has 5 rings (SSSR count).